The van der Waals surface area contributed by atoms with E-state index in [0.29, 0.717) is 29.5 Å². The van der Waals surface area contributed by atoms with Crippen LogP contribution in [-0.2, 0) is 0 Å². The van der Waals surface area contributed by atoms with Crippen molar-refractivity contribution in [2.75, 3.05) is 10.6 Å². The summed E-state index contributed by atoms with van der Waals surface area (Å²) in [7, 11) is 0. The molecule has 1 aliphatic carbocycles. The Morgan fingerprint density at radius 3 is 2.57 bits per heavy atom. The van der Waals surface area contributed by atoms with Gasteiger partial charge in [0.1, 0.15) is 10.6 Å². The highest BCUT2D eigenvalue weighted by Gasteiger charge is 2.43. The van der Waals surface area contributed by atoms with Crippen LogP contribution in [0.2, 0.25) is 0 Å². The second kappa shape index (κ2) is 4.84. The number of aromatic nitrogens is 1. The third-order valence-corrected chi connectivity index (χ3v) is 5.66. The molecule has 21 heavy (non-hydrogen) atoms. The summed E-state index contributed by atoms with van der Waals surface area (Å²) in [5.74, 6) is 0.239. The number of piperidine rings is 1. The first-order chi connectivity index (χ1) is 10.1. The number of aliphatic hydroxyl groups is 1. The topological polar surface area (TPSA) is 91.5 Å². The molecule has 6 nitrogen and oxygen atoms in total. The Kier molecular flexibility index (Phi) is 3.08. The van der Waals surface area contributed by atoms with Crippen LogP contribution in [0.1, 0.15) is 48.9 Å². The Morgan fingerprint density at radius 2 is 1.95 bits per heavy atom. The zero-order valence-electron chi connectivity index (χ0n) is 11.8. The SMILES string of the molecule is Nc1nsc(N2C3CCC2CC(O)C3)c1C(=O)NC1CC1. The molecule has 0 radical (unpaired) electrons. The number of nitrogens with zero attached hydrogens (tertiary/aromatic N) is 2. The highest BCUT2D eigenvalue weighted by molar-refractivity contribution is 7.11. The number of carbonyl (C=O) groups excluding carboxylic acids is 1. The molecule has 2 atom stereocenters. The van der Waals surface area contributed by atoms with Crippen LogP contribution in [0.15, 0.2) is 0 Å². The van der Waals surface area contributed by atoms with Crippen LogP contribution < -0.4 is 16.0 Å². The average Bonchev–Trinajstić information content (AvgIpc) is 3.10. The number of nitrogen functional groups attached to an aromatic ring is 1. The van der Waals surface area contributed by atoms with Gasteiger partial charge in [-0.2, -0.15) is 4.37 Å². The van der Waals surface area contributed by atoms with Gasteiger partial charge in [0.25, 0.3) is 5.91 Å². The van der Waals surface area contributed by atoms with Crippen molar-refractivity contribution in [2.24, 2.45) is 0 Å². The maximum absolute atomic E-state index is 12.4. The fourth-order valence-electron chi connectivity index (χ4n) is 3.65. The number of carbonyl (C=O) groups is 1. The first-order valence-corrected chi connectivity index (χ1v) is 8.43. The van der Waals surface area contributed by atoms with Gasteiger partial charge >= 0.3 is 0 Å². The first-order valence-electron chi connectivity index (χ1n) is 7.66. The van der Waals surface area contributed by atoms with Gasteiger partial charge in [-0.05, 0) is 50.1 Å². The molecule has 1 aromatic rings. The maximum atomic E-state index is 12.4. The van der Waals surface area contributed by atoms with Gasteiger partial charge in [-0.3, -0.25) is 4.79 Å². The third-order valence-electron chi connectivity index (χ3n) is 4.78. The summed E-state index contributed by atoms with van der Waals surface area (Å²) >= 11 is 1.32. The molecule has 4 rings (SSSR count). The zero-order valence-corrected chi connectivity index (χ0v) is 12.6. The number of aliphatic hydroxyl groups excluding tert-OH is 1. The minimum atomic E-state index is -0.215. The summed E-state index contributed by atoms with van der Waals surface area (Å²) < 4.78 is 4.21. The van der Waals surface area contributed by atoms with Gasteiger partial charge in [0, 0.05) is 18.1 Å². The van der Waals surface area contributed by atoms with E-state index in [1.165, 1.54) is 11.5 Å². The molecule has 3 heterocycles. The Labute approximate surface area is 127 Å². The van der Waals surface area contributed by atoms with Crippen molar-refractivity contribution >= 4 is 28.3 Å². The van der Waals surface area contributed by atoms with Crippen LogP contribution in [0.4, 0.5) is 10.8 Å². The highest BCUT2D eigenvalue weighted by Crippen LogP contribution is 2.43. The second-order valence-electron chi connectivity index (χ2n) is 6.41. The second-order valence-corrected chi connectivity index (χ2v) is 7.17. The van der Waals surface area contributed by atoms with Crippen molar-refractivity contribution < 1.29 is 9.90 Å². The molecule has 3 aliphatic rings. The molecule has 1 amide bonds. The molecule has 1 saturated carbocycles. The number of rotatable bonds is 3. The molecule has 114 valence electrons. The molecule has 0 aromatic carbocycles. The van der Waals surface area contributed by atoms with Crippen LogP contribution in [0.3, 0.4) is 0 Å². The Balaban J connectivity index is 1.64. The molecule has 2 aliphatic heterocycles. The van der Waals surface area contributed by atoms with E-state index in [4.69, 9.17) is 5.73 Å². The van der Waals surface area contributed by atoms with E-state index in [1.807, 2.05) is 0 Å². The number of hydrogen-bond donors (Lipinski definition) is 3. The number of anilines is 2. The van der Waals surface area contributed by atoms with Gasteiger partial charge in [-0.15, -0.1) is 0 Å². The minimum absolute atomic E-state index is 0.0933. The standard InChI is InChI=1S/C14H20N4O2S/c15-12-11(13(20)16-7-1-2-7)14(21-17-12)18-8-3-4-9(18)6-10(19)5-8/h7-10,19H,1-6H2,(H2,15,17)(H,16,20). The van der Waals surface area contributed by atoms with Crippen molar-refractivity contribution in [2.45, 2.75) is 62.8 Å². The van der Waals surface area contributed by atoms with Crippen LogP contribution >= 0.6 is 11.5 Å². The normalized spacial score (nSPS) is 31.5. The Hall–Kier alpha value is -1.34. The van der Waals surface area contributed by atoms with Crippen molar-refractivity contribution in [1.29, 1.82) is 0 Å². The van der Waals surface area contributed by atoms with Crippen molar-refractivity contribution in [1.82, 2.24) is 9.69 Å². The monoisotopic (exact) mass is 308 g/mol. The lowest BCUT2D eigenvalue weighted by Crippen LogP contribution is -2.45. The van der Waals surface area contributed by atoms with E-state index >= 15 is 0 Å². The van der Waals surface area contributed by atoms with Gasteiger partial charge in [0.05, 0.1) is 6.10 Å². The number of hydrogen-bond acceptors (Lipinski definition) is 6. The molecule has 2 unspecified atom stereocenters. The number of amides is 1. The van der Waals surface area contributed by atoms with Crippen molar-refractivity contribution in [3.05, 3.63) is 5.56 Å². The number of nitrogens with one attached hydrogen (secondary N) is 1. The van der Waals surface area contributed by atoms with Gasteiger partial charge < -0.3 is 21.1 Å². The van der Waals surface area contributed by atoms with Crippen LogP contribution in [0, 0.1) is 0 Å². The summed E-state index contributed by atoms with van der Waals surface area (Å²) in [6, 6.07) is 0.932. The molecule has 2 bridgehead atoms. The van der Waals surface area contributed by atoms with Gasteiger partial charge in [-0.25, -0.2) is 0 Å². The third kappa shape index (κ3) is 2.28. The fourth-order valence-corrected chi connectivity index (χ4v) is 4.61. The summed E-state index contributed by atoms with van der Waals surface area (Å²) in [4.78, 5) is 14.7. The smallest absolute Gasteiger partial charge is 0.258 e. The Morgan fingerprint density at radius 1 is 1.29 bits per heavy atom. The largest absolute Gasteiger partial charge is 0.393 e. The van der Waals surface area contributed by atoms with E-state index in [-0.39, 0.29) is 12.0 Å². The van der Waals surface area contributed by atoms with E-state index in [0.717, 1.165) is 43.5 Å². The molecule has 7 heteroatoms. The fraction of sp³-hybridized carbons (Fsp3) is 0.714. The van der Waals surface area contributed by atoms with Crippen molar-refractivity contribution in [3.63, 3.8) is 0 Å². The maximum Gasteiger partial charge on any atom is 0.258 e. The molecule has 2 saturated heterocycles. The highest BCUT2D eigenvalue weighted by atomic mass is 32.1. The number of nitrogens with two attached hydrogens (primary N) is 1. The molecular formula is C14H20N4O2S. The molecular weight excluding hydrogens is 288 g/mol. The molecule has 1 aromatic heterocycles. The average molecular weight is 308 g/mol. The van der Waals surface area contributed by atoms with Gasteiger partial charge in [-0.1, -0.05) is 0 Å². The van der Waals surface area contributed by atoms with Gasteiger partial charge in [0.15, 0.2) is 5.82 Å². The molecule has 0 spiro atoms. The lowest BCUT2D eigenvalue weighted by molar-refractivity contribution is 0.0952. The van der Waals surface area contributed by atoms with Crippen molar-refractivity contribution in [3.8, 4) is 0 Å². The molecule has 3 fully saturated rings. The molecule has 4 N–H and O–H groups in total. The quantitative estimate of drug-likeness (QED) is 0.778. The van der Waals surface area contributed by atoms with E-state index < -0.39 is 0 Å². The summed E-state index contributed by atoms with van der Waals surface area (Å²) in [5, 5.41) is 13.8. The predicted molar refractivity (Wildman–Crippen MR) is 81.5 cm³/mol. The van der Waals surface area contributed by atoms with Crippen LogP contribution in [0.25, 0.3) is 0 Å². The first kappa shape index (κ1) is 13.3. The zero-order chi connectivity index (χ0) is 14.6. The van der Waals surface area contributed by atoms with E-state index in [9.17, 15) is 9.90 Å². The van der Waals surface area contributed by atoms with Crippen LogP contribution in [0.5, 0.6) is 0 Å². The summed E-state index contributed by atoms with van der Waals surface area (Å²) in [5.41, 5.74) is 6.49. The lowest BCUT2D eigenvalue weighted by atomic mass is 10.00. The van der Waals surface area contributed by atoms with E-state index in [1.54, 1.807) is 0 Å². The van der Waals surface area contributed by atoms with E-state index in [2.05, 4.69) is 14.6 Å². The Bertz CT molecular complexity index is 557. The minimum Gasteiger partial charge on any atom is -0.393 e. The lowest BCUT2D eigenvalue weighted by Gasteiger charge is -2.38. The number of fused-ring (bicyclic) bond motifs is 2. The van der Waals surface area contributed by atoms with Crippen LogP contribution in [-0.4, -0.2) is 39.6 Å². The summed E-state index contributed by atoms with van der Waals surface area (Å²) in [6.07, 6.45) is 5.59. The summed E-state index contributed by atoms with van der Waals surface area (Å²) in [6.45, 7) is 0. The predicted octanol–water partition coefficient (Wildman–Crippen LogP) is 1.11. The van der Waals surface area contributed by atoms with Gasteiger partial charge in [0.2, 0.25) is 0 Å².